The first-order valence-corrected chi connectivity index (χ1v) is 5.45. The van der Waals surface area contributed by atoms with E-state index in [0.717, 1.165) is 13.0 Å². The number of fused-ring (bicyclic) bond motifs is 1. The highest BCUT2D eigenvalue weighted by molar-refractivity contribution is 5.84. The number of rotatable bonds is 3. The van der Waals surface area contributed by atoms with Gasteiger partial charge in [-0.3, -0.25) is 0 Å². The number of likely N-dealkylation sites (N-methyl/N-ethyl adjacent to an activating group) is 1. The molecule has 0 saturated heterocycles. The fraction of sp³-hybridized carbons (Fsp3) is 0.385. The second-order valence-electron chi connectivity index (χ2n) is 4.12. The van der Waals surface area contributed by atoms with Gasteiger partial charge in [0.15, 0.2) is 0 Å². The van der Waals surface area contributed by atoms with Gasteiger partial charge >= 0.3 is 0 Å². The molecule has 0 atom stereocenters. The Balaban J connectivity index is 2.42. The molecular formula is C13H18N2. The lowest BCUT2D eigenvalue weighted by atomic mass is 10.1. The van der Waals surface area contributed by atoms with Crippen molar-refractivity contribution in [2.45, 2.75) is 20.3 Å². The quantitative estimate of drug-likeness (QED) is 0.786. The molecule has 1 heterocycles. The summed E-state index contributed by atoms with van der Waals surface area (Å²) in [5.41, 5.74) is 5.32. The molecule has 2 rings (SSSR count). The monoisotopic (exact) mass is 202 g/mol. The van der Waals surface area contributed by atoms with Gasteiger partial charge in [0.05, 0.1) is 0 Å². The zero-order valence-corrected chi connectivity index (χ0v) is 9.65. The van der Waals surface area contributed by atoms with Crippen LogP contribution >= 0.6 is 0 Å². The molecule has 15 heavy (non-hydrogen) atoms. The summed E-state index contributed by atoms with van der Waals surface area (Å²) in [6, 6.07) is 6.63. The van der Waals surface area contributed by atoms with E-state index in [-0.39, 0.29) is 0 Å². The SMILES string of the molecule is CNCCc1cc2ccc(C)c(C)c2[nH]1. The van der Waals surface area contributed by atoms with Crippen LogP contribution in [0.5, 0.6) is 0 Å². The van der Waals surface area contributed by atoms with Gasteiger partial charge in [0.25, 0.3) is 0 Å². The number of H-pyrrole nitrogens is 1. The smallest absolute Gasteiger partial charge is 0.0488 e. The Morgan fingerprint density at radius 3 is 2.80 bits per heavy atom. The normalized spacial score (nSPS) is 11.1. The van der Waals surface area contributed by atoms with Crippen LogP contribution in [0.3, 0.4) is 0 Å². The zero-order valence-electron chi connectivity index (χ0n) is 9.65. The molecule has 0 aliphatic rings. The van der Waals surface area contributed by atoms with Gasteiger partial charge in [-0.1, -0.05) is 12.1 Å². The fourth-order valence-electron chi connectivity index (χ4n) is 1.90. The molecule has 0 bridgehead atoms. The summed E-state index contributed by atoms with van der Waals surface area (Å²) in [6.45, 7) is 5.35. The Hall–Kier alpha value is -1.28. The Morgan fingerprint density at radius 2 is 2.07 bits per heavy atom. The van der Waals surface area contributed by atoms with E-state index in [0.29, 0.717) is 0 Å². The molecule has 80 valence electrons. The summed E-state index contributed by atoms with van der Waals surface area (Å²) in [5, 5.41) is 4.49. The van der Waals surface area contributed by atoms with Gasteiger partial charge in [-0.15, -0.1) is 0 Å². The highest BCUT2D eigenvalue weighted by Gasteiger charge is 2.04. The van der Waals surface area contributed by atoms with Gasteiger partial charge in [-0.05, 0) is 49.9 Å². The van der Waals surface area contributed by atoms with Gasteiger partial charge in [-0.25, -0.2) is 0 Å². The predicted molar refractivity (Wildman–Crippen MR) is 65.4 cm³/mol. The standard InChI is InChI=1S/C13H18N2/c1-9-4-5-11-8-12(6-7-14-3)15-13(11)10(9)2/h4-5,8,14-15H,6-7H2,1-3H3. The minimum Gasteiger partial charge on any atom is -0.358 e. The molecule has 2 N–H and O–H groups in total. The van der Waals surface area contributed by atoms with E-state index in [9.17, 15) is 0 Å². The molecule has 0 spiro atoms. The highest BCUT2D eigenvalue weighted by atomic mass is 14.8. The Bertz CT molecular complexity index is 469. The molecule has 0 fully saturated rings. The molecule has 0 unspecified atom stereocenters. The Labute approximate surface area is 90.7 Å². The van der Waals surface area contributed by atoms with E-state index in [2.05, 4.69) is 42.3 Å². The number of nitrogens with one attached hydrogen (secondary N) is 2. The lowest BCUT2D eigenvalue weighted by Crippen LogP contribution is -2.10. The van der Waals surface area contributed by atoms with E-state index < -0.39 is 0 Å². The van der Waals surface area contributed by atoms with Crippen molar-refractivity contribution < 1.29 is 0 Å². The van der Waals surface area contributed by atoms with Crippen molar-refractivity contribution in [2.24, 2.45) is 0 Å². The summed E-state index contributed by atoms with van der Waals surface area (Å²) in [7, 11) is 1.98. The maximum absolute atomic E-state index is 3.50. The van der Waals surface area contributed by atoms with Gasteiger partial charge < -0.3 is 10.3 Å². The van der Waals surface area contributed by atoms with E-state index in [4.69, 9.17) is 0 Å². The Morgan fingerprint density at radius 1 is 1.27 bits per heavy atom. The van der Waals surface area contributed by atoms with Crippen LogP contribution in [0.15, 0.2) is 18.2 Å². The Kier molecular flexibility index (Phi) is 2.78. The number of benzene rings is 1. The largest absolute Gasteiger partial charge is 0.358 e. The van der Waals surface area contributed by atoms with Crippen molar-refractivity contribution in [3.63, 3.8) is 0 Å². The van der Waals surface area contributed by atoms with Crippen LogP contribution in [0, 0.1) is 13.8 Å². The molecule has 1 aromatic carbocycles. The lowest BCUT2D eigenvalue weighted by Gasteiger charge is -2.00. The van der Waals surface area contributed by atoms with Crippen LogP contribution < -0.4 is 5.32 Å². The lowest BCUT2D eigenvalue weighted by molar-refractivity contribution is 0.781. The molecule has 0 aliphatic carbocycles. The van der Waals surface area contributed by atoms with Gasteiger partial charge in [0.1, 0.15) is 0 Å². The summed E-state index contributed by atoms with van der Waals surface area (Å²) in [5.74, 6) is 0. The summed E-state index contributed by atoms with van der Waals surface area (Å²) in [6.07, 6.45) is 1.06. The molecule has 0 saturated carbocycles. The second-order valence-corrected chi connectivity index (χ2v) is 4.12. The second kappa shape index (κ2) is 4.07. The topological polar surface area (TPSA) is 27.8 Å². The van der Waals surface area contributed by atoms with Crippen LogP contribution in [-0.2, 0) is 6.42 Å². The molecule has 0 aliphatic heterocycles. The van der Waals surface area contributed by atoms with Gasteiger partial charge in [0, 0.05) is 17.8 Å². The third-order valence-corrected chi connectivity index (χ3v) is 3.03. The van der Waals surface area contributed by atoms with Crippen LogP contribution in [0.1, 0.15) is 16.8 Å². The minimum absolute atomic E-state index is 1.02. The molecular weight excluding hydrogens is 184 g/mol. The third-order valence-electron chi connectivity index (χ3n) is 3.03. The number of aromatic nitrogens is 1. The van der Waals surface area contributed by atoms with Crippen LogP contribution in [0.4, 0.5) is 0 Å². The number of aromatic amines is 1. The van der Waals surface area contributed by atoms with E-state index >= 15 is 0 Å². The maximum atomic E-state index is 3.50. The summed E-state index contributed by atoms with van der Waals surface area (Å²) in [4.78, 5) is 3.50. The first kappa shape index (κ1) is 10.2. The van der Waals surface area contributed by atoms with E-state index in [1.54, 1.807) is 0 Å². The van der Waals surface area contributed by atoms with Crippen LogP contribution in [0.25, 0.3) is 10.9 Å². The van der Waals surface area contributed by atoms with Crippen LogP contribution in [0.2, 0.25) is 0 Å². The van der Waals surface area contributed by atoms with Crippen molar-refractivity contribution in [1.82, 2.24) is 10.3 Å². The highest BCUT2D eigenvalue weighted by Crippen LogP contribution is 2.21. The average molecular weight is 202 g/mol. The number of hydrogen-bond donors (Lipinski definition) is 2. The van der Waals surface area contributed by atoms with Crippen molar-refractivity contribution in [1.29, 1.82) is 0 Å². The van der Waals surface area contributed by atoms with Crippen molar-refractivity contribution >= 4 is 10.9 Å². The van der Waals surface area contributed by atoms with Crippen molar-refractivity contribution in [3.05, 3.63) is 35.0 Å². The van der Waals surface area contributed by atoms with Crippen LogP contribution in [-0.4, -0.2) is 18.6 Å². The molecule has 0 radical (unpaired) electrons. The van der Waals surface area contributed by atoms with Crippen molar-refractivity contribution in [2.75, 3.05) is 13.6 Å². The molecule has 1 aromatic heterocycles. The average Bonchev–Trinajstić information content (AvgIpc) is 2.64. The molecule has 2 aromatic rings. The van der Waals surface area contributed by atoms with Gasteiger partial charge in [0.2, 0.25) is 0 Å². The third kappa shape index (κ3) is 1.90. The molecule has 2 nitrogen and oxygen atoms in total. The number of hydrogen-bond acceptors (Lipinski definition) is 1. The fourth-order valence-corrected chi connectivity index (χ4v) is 1.90. The predicted octanol–water partition coefficient (Wildman–Crippen LogP) is 2.55. The zero-order chi connectivity index (χ0) is 10.8. The van der Waals surface area contributed by atoms with E-state index in [1.165, 1.54) is 27.7 Å². The summed E-state index contributed by atoms with van der Waals surface area (Å²) >= 11 is 0. The summed E-state index contributed by atoms with van der Waals surface area (Å²) < 4.78 is 0. The van der Waals surface area contributed by atoms with E-state index in [1.807, 2.05) is 7.05 Å². The maximum Gasteiger partial charge on any atom is 0.0488 e. The number of aryl methyl sites for hydroxylation is 2. The molecule has 2 heteroatoms. The van der Waals surface area contributed by atoms with Gasteiger partial charge in [-0.2, -0.15) is 0 Å². The first-order chi connectivity index (χ1) is 7.22. The minimum atomic E-state index is 1.02. The molecule has 0 amide bonds. The first-order valence-electron chi connectivity index (χ1n) is 5.45. The van der Waals surface area contributed by atoms with Crippen molar-refractivity contribution in [3.8, 4) is 0 Å².